The number of rotatable bonds is 2. The maximum Gasteiger partial charge on any atom is 0.399 e. The number of hydrogen-bond acceptors (Lipinski definition) is 3. The second kappa shape index (κ2) is 3.72. The lowest BCUT2D eigenvalue weighted by Gasteiger charge is -2.01. The van der Waals surface area contributed by atoms with E-state index < -0.39 is 0 Å². The van der Waals surface area contributed by atoms with Gasteiger partial charge in [0.25, 0.3) is 0 Å². The van der Waals surface area contributed by atoms with Gasteiger partial charge in [0, 0.05) is 0 Å². The standard InChI is InChI=1S/C10H8ClNO2/c1-7-6-13-10(12-7)14-9-5-3-2-4-8(9)11/h2-6H,1H3. The highest BCUT2D eigenvalue weighted by molar-refractivity contribution is 6.32. The summed E-state index contributed by atoms with van der Waals surface area (Å²) in [6, 6.07) is 7.15. The summed E-state index contributed by atoms with van der Waals surface area (Å²) in [4.78, 5) is 4.00. The highest BCUT2D eigenvalue weighted by atomic mass is 35.5. The van der Waals surface area contributed by atoms with Gasteiger partial charge in [0.2, 0.25) is 0 Å². The van der Waals surface area contributed by atoms with E-state index >= 15 is 0 Å². The molecule has 0 aliphatic heterocycles. The molecule has 2 rings (SSSR count). The molecule has 0 aliphatic carbocycles. The van der Waals surface area contributed by atoms with Gasteiger partial charge in [-0.3, -0.25) is 0 Å². The maximum absolute atomic E-state index is 5.89. The quantitative estimate of drug-likeness (QED) is 0.760. The van der Waals surface area contributed by atoms with Crippen LogP contribution in [0.5, 0.6) is 11.8 Å². The van der Waals surface area contributed by atoms with Gasteiger partial charge in [-0.15, -0.1) is 0 Å². The van der Waals surface area contributed by atoms with Crippen molar-refractivity contribution in [3.63, 3.8) is 0 Å². The fourth-order valence-electron chi connectivity index (χ4n) is 1.00. The fraction of sp³-hybridized carbons (Fsp3) is 0.100. The summed E-state index contributed by atoms with van der Waals surface area (Å²) < 4.78 is 10.4. The predicted octanol–water partition coefficient (Wildman–Crippen LogP) is 3.43. The van der Waals surface area contributed by atoms with Gasteiger partial charge in [-0.2, -0.15) is 4.98 Å². The van der Waals surface area contributed by atoms with Gasteiger partial charge in [-0.05, 0) is 19.1 Å². The van der Waals surface area contributed by atoms with Crippen molar-refractivity contribution >= 4 is 11.6 Å². The van der Waals surface area contributed by atoms with Crippen LogP contribution in [0.3, 0.4) is 0 Å². The summed E-state index contributed by atoms with van der Waals surface area (Å²) in [6.07, 6.45) is 1.72. The van der Waals surface area contributed by atoms with Crippen LogP contribution in [0.2, 0.25) is 5.02 Å². The minimum Gasteiger partial charge on any atom is -0.417 e. The lowest BCUT2D eigenvalue weighted by Crippen LogP contribution is -1.84. The largest absolute Gasteiger partial charge is 0.417 e. The lowest BCUT2D eigenvalue weighted by molar-refractivity contribution is 0.331. The van der Waals surface area contributed by atoms with Gasteiger partial charge in [-0.1, -0.05) is 23.7 Å². The van der Waals surface area contributed by atoms with Crippen LogP contribution in [0.25, 0.3) is 0 Å². The molecule has 0 aliphatic rings. The predicted molar refractivity (Wildman–Crippen MR) is 52.8 cm³/mol. The van der Waals surface area contributed by atoms with Crippen LogP contribution in [-0.2, 0) is 0 Å². The van der Waals surface area contributed by atoms with E-state index in [0.29, 0.717) is 10.8 Å². The number of aromatic nitrogens is 1. The molecule has 1 heterocycles. The molecule has 1 aromatic heterocycles. The molecule has 0 radical (unpaired) electrons. The second-order valence-corrected chi connectivity index (χ2v) is 3.19. The van der Waals surface area contributed by atoms with Gasteiger partial charge < -0.3 is 9.15 Å². The Labute approximate surface area is 86.3 Å². The van der Waals surface area contributed by atoms with Gasteiger partial charge >= 0.3 is 6.08 Å². The smallest absolute Gasteiger partial charge is 0.399 e. The van der Waals surface area contributed by atoms with E-state index in [0.717, 1.165) is 5.69 Å². The summed E-state index contributed by atoms with van der Waals surface area (Å²) in [6.45, 7) is 1.82. The van der Waals surface area contributed by atoms with Crippen molar-refractivity contribution in [2.75, 3.05) is 0 Å². The van der Waals surface area contributed by atoms with Crippen LogP contribution in [0.1, 0.15) is 5.69 Å². The molecular weight excluding hydrogens is 202 g/mol. The van der Waals surface area contributed by atoms with E-state index in [1.54, 1.807) is 12.1 Å². The summed E-state index contributed by atoms with van der Waals surface area (Å²) in [5.41, 5.74) is 0.770. The number of para-hydroxylation sites is 1. The maximum atomic E-state index is 5.89. The van der Waals surface area contributed by atoms with Crippen molar-refractivity contribution in [3.05, 3.63) is 41.2 Å². The molecule has 0 unspecified atom stereocenters. The molecule has 2 aromatic rings. The van der Waals surface area contributed by atoms with Crippen LogP contribution in [0, 0.1) is 6.92 Å². The second-order valence-electron chi connectivity index (χ2n) is 2.79. The zero-order valence-electron chi connectivity index (χ0n) is 7.53. The Kier molecular flexibility index (Phi) is 2.41. The molecule has 0 amide bonds. The van der Waals surface area contributed by atoms with E-state index in [9.17, 15) is 0 Å². The molecular formula is C10H8ClNO2. The Hall–Kier alpha value is -1.48. The number of nitrogens with zero attached hydrogens (tertiary/aromatic N) is 1. The zero-order valence-corrected chi connectivity index (χ0v) is 8.28. The number of oxazole rings is 1. The number of halogens is 1. The SMILES string of the molecule is Cc1coc(Oc2ccccc2Cl)n1. The van der Waals surface area contributed by atoms with E-state index in [1.807, 2.05) is 19.1 Å². The van der Waals surface area contributed by atoms with Crippen molar-refractivity contribution < 1.29 is 9.15 Å². The van der Waals surface area contributed by atoms with Gasteiger partial charge in [-0.25, -0.2) is 0 Å². The number of ether oxygens (including phenoxy) is 1. The third-order valence-electron chi connectivity index (χ3n) is 1.63. The topological polar surface area (TPSA) is 35.3 Å². The molecule has 0 saturated heterocycles. The Morgan fingerprint density at radius 1 is 1.36 bits per heavy atom. The molecule has 72 valence electrons. The number of benzene rings is 1. The first-order valence-corrected chi connectivity index (χ1v) is 4.48. The van der Waals surface area contributed by atoms with Crippen molar-refractivity contribution in [1.29, 1.82) is 0 Å². The van der Waals surface area contributed by atoms with Crippen LogP contribution in [0.15, 0.2) is 34.9 Å². The Morgan fingerprint density at radius 2 is 2.14 bits per heavy atom. The van der Waals surface area contributed by atoms with Crippen molar-refractivity contribution in [2.45, 2.75) is 6.92 Å². The summed E-state index contributed by atoms with van der Waals surface area (Å²) >= 11 is 5.89. The molecule has 0 atom stereocenters. The van der Waals surface area contributed by atoms with Gasteiger partial charge in [0.15, 0.2) is 5.75 Å². The highest BCUT2D eigenvalue weighted by Gasteiger charge is 2.05. The van der Waals surface area contributed by atoms with Crippen LogP contribution in [-0.4, -0.2) is 4.98 Å². The van der Waals surface area contributed by atoms with Crippen molar-refractivity contribution in [3.8, 4) is 11.8 Å². The fourth-order valence-corrected chi connectivity index (χ4v) is 1.18. The first-order chi connectivity index (χ1) is 6.75. The molecule has 0 spiro atoms. The summed E-state index contributed by atoms with van der Waals surface area (Å²) in [7, 11) is 0. The van der Waals surface area contributed by atoms with Crippen LogP contribution < -0.4 is 4.74 Å². The van der Waals surface area contributed by atoms with E-state index in [-0.39, 0.29) is 6.08 Å². The Balaban J connectivity index is 2.23. The Bertz CT molecular complexity index is 439. The van der Waals surface area contributed by atoms with Crippen LogP contribution >= 0.6 is 11.6 Å². The molecule has 4 heteroatoms. The first kappa shape index (κ1) is 9.09. The summed E-state index contributed by atoms with van der Waals surface area (Å²) in [5, 5.41) is 0.531. The van der Waals surface area contributed by atoms with E-state index in [2.05, 4.69) is 4.98 Å². The molecule has 14 heavy (non-hydrogen) atoms. The van der Waals surface area contributed by atoms with Crippen LogP contribution in [0.4, 0.5) is 0 Å². The minimum absolute atomic E-state index is 0.204. The molecule has 0 N–H and O–H groups in total. The van der Waals surface area contributed by atoms with E-state index in [1.165, 1.54) is 6.26 Å². The average Bonchev–Trinajstić information content (AvgIpc) is 2.56. The Morgan fingerprint density at radius 3 is 2.79 bits per heavy atom. The normalized spacial score (nSPS) is 10.1. The average molecular weight is 210 g/mol. The van der Waals surface area contributed by atoms with Crippen molar-refractivity contribution in [2.24, 2.45) is 0 Å². The summed E-state index contributed by atoms with van der Waals surface area (Å²) in [5.74, 6) is 0.538. The van der Waals surface area contributed by atoms with Gasteiger partial charge in [0.05, 0.1) is 10.7 Å². The first-order valence-electron chi connectivity index (χ1n) is 4.10. The van der Waals surface area contributed by atoms with Crippen molar-refractivity contribution in [1.82, 2.24) is 4.98 Å². The molecule has 0 bridgehead atoms. The molecule has 3 nitrogen and oxygen atoms in total. The number of hydrogen-bond donors (Lipinski definition) is 0. The number of aryl methyl sites for hydroxylation is 1. The molecule has 0 fully saturated rings. The zero-order chi connectivity index (χ0) is 9.97. The monoisotopic (exact) mass is 209 g/mol. The van der Waals surface area contributed by atoms with E-state index in [4.69, 9.17) is 20.8 Å². The molecule has 0 saturated carbocycles. The minimum atomic E-state index is 0.204. The third-order valence-corrected chi connectivity index (χ3v) is 1.94. The lowest BCUT2D eigenvalue weighted by atomic mass is 10.3. The third kappa shape index (κ3) is 1.88. The molecule has 1 aromatic carbocycles. The van der Waals surface area contributed by atoms with Gasteiger partial charge in [0.1, 0.15) is 6.26 Å². The highest BCUT2D eigenvalue weighted by Crippen LogP contribution is 2.27.